The summed E-state index contributed by atoms with van der Waals surface area (Å²) in [4.78, 5) is 6.78. The molecule has 0 saturated heterocycles. The zero-order chi connectivity index (χ0) is 22.1. The summed E-state index contributed by atoms with van der Waals surface area (Å²) in [6, 6.07) is 5.16. The minimum absolute atomic E-state index is 0.0305. The van der Waals surface area contributed by atoms with Gasteiger partial charge in [0.15, 0.2) is 12.5 Å². The molecule has 0 fully saturated rings. The number of nitrogens with one attached hydrogen (secondary N) is 1. The fourth-order valence-corrected chi connectivity index (χ4v) is 5.56. The molecule has 0 radical (unpaired) electrons. The second kappa shape index (κ2) is 8.16. The Bertz CT molecular complexity index is 1250. The van der Waals surface area contributed by atoms with Gasteiger partial charge in [-0.3, -0.25) is 0 Å². The molecule has 2 aromatic rings. The van der Waals surface area contributed by atoms with Crippen LogP contribution in [0.25, 0.3) is 11.1 Å². The van der Waals surface area contributed by atoms with Crippen LogP contribution in [0.1, 0.15) is 12.5 Å². The van der Waals surface area contributed by atoms with E-state index in [1.54, 1.807) is 13.0 Å². The molecular formula is C16H20N8O4S2. The zero-order valence-electron chi connectivity index (χ0n) is 15.8. The molecule has 30 heavy (non-hydrogen) atoms. The predicted octanol–water partition coefficient (Wildman–Crippen LogP) is -0.226. The monoisotopic (exact) mass is 452 g/mol. The summed E-state index contributed by atoms with van der Waals surface area (Å²) in [5.74, 6) is 0.120. The highest BCUT2D eigenvalue weighted by Gasteiger charge is 2.32. The van der Waals surface area contributed by atoms with Crippen molar-refractivity contribution in [2.75, 3.05) is 18.9 Å². The lowest BCUT2D eigenvalue weighted by molar-refractivity contribution is 0.567. The van der Waals surface area contributed by atoms with Gasteiger partial charge < -0.3 is 11.5 Å². The number of nitrogens with two attached hydrogens (primary N) is 3. The van der Waals surface area contributed by atoms with Crippen LogP contribution in [0, 0.1) is 0 Å². The Morgan fingerprint density at radius 3 is 2.50 bits per heavy atom. The second-order valence-corrected chi connectivity index (χ2v) is 9.76. The van der Waals surface area contributed by atoms with Crippen LogP contribution in [0.4, 0.5) is 5.82 Å². The van der Waals surface area contributed by atoms with E-state index in [4.69, 9.17) is 16.6 Å². The van der Waals surface area contributed by atoms with Crippen LogP contribution in [-0.2, 0) is 20.0 Å². The van der Waals surface area contributed by atoms with Gasteiger partial charge in [0.2, 0.25) is 20.0 Å². The van der Waals surface area contributed by atoms with E-state index in [1.165, 1.54) is 18.3 Å². The number of aromatic nitrogens is 1. The van der Waals surface area contributed by atoms with E-state index in [-0.39, 0.29) is 30.4 Å². The topological polar surface area (TPSA) is 208 Å². The van der Waals surface area contributed by atoms with Crippen LogP contribution in [0.2, 0.25) is 0 Å². The van der Waals surface area contributed by atoms with E-state index in [0.717, 1.165) is 6.07 Å². The van der Waals surface area contributed by atoms with Gasteiger partial charge in [0.1, 0.15) is 15.6 Å². The highest BCUT2D eigenvalue weighted by molar-refractivity contribution is 7.92. The molecule has 14 heteroatoms. The summed E-state index contributed by atoms with van der Waals surface area (Å²) in [5.41, 5.74) is 12.0. The first-order chi connectivity index (χ1) is 14.0. The van der Waals surface area contributed by atoms with Crippen LogP contribution >= 0.6 is 0 Å². The minimum Gasteiger partial charge on any atom is -0.384 e. The quantitative estimate of drug-likeness (QED) is 0.443. The van der Waals surface area contributed by atoms with Gasteiger partial charge in [-0.1, -0.05) is 6.07 Å². The van der Waals surface area contributed by atoms with Crippen molar-refractivity contribution in [1.82, 2.24) is 9.71 Å². The molecule has 7 N–H and O–H groups in total. The smallest absolute Gasteiger partial charge is 0.241 e. The predicted molar refractivity (Wildman–Crippen MR) is 111 cm³/mol. The average Bonchev–Trinajstić information content (AvgIpc) is 3.19. The number of anilines is 1. The van der Waals surface area contributed by atoms with Crippen molar-refractivity contribution in [3.8, 4) is 11.1 Å². The van der Waals surface area contributed by atoms with Crippen molar-refractivity contribution in [3.63, 3.8) is 0 Å². The lowest BCUT2D eigenvalue weighted by atomic mass is 9.99. The summed E-state index contributed by atoms with van der Waals surface area (Å²) in [6.45, 7) is 1.46. The summed E-state index contributed by atoms with van der Waals surface area (Å²) in [7, 11) is -8.83. The number of rotatable bonds is 7. The minimum atomic E-state index is -4.54. The van der Waals surface area contributed by atoms with E-state index < -0.39 is 35.9 Å². The number of sulfonamides is 2. The Morgan fingerprint density at radius 1 is 1.20 bits per heavy atom. The molecule has 160 valence electrons. The Hall–Kier alpha value is -2.78. The van der Waals surface area contributed by atoms with E-state index >= 15 is 0 Å². The van der Waals surface area contributed by atoms with Gasteiger partial charge in [0, 0.05) is 18.8 Å². The maximum Gasteiger partial charge on any atom is 0.241 e. The molecule has 0 amide bonds. The number of amidine groups is 1. The Balaban J connectivity index is 2.37. The SMILES string of the molecule is C[C@@H](N)CNS(=O)(=O)c1ccc(-c2ccnc(N)c2)c(C2=NCN=N2)c1S(N)(=O)=O. The first-order valence-corrected chi connectivity index (χ1v) is 11.6. The average molecular weight is 453 g/mol. The first-order valence-electron chi connectivity index (χ1n) is 8.60. The molecule has 0 aliphatic carbocycles. The number of primary sulfonamides is 1. The normalized spacial score (nSPS) is 15.2. The Morgan fingerprint density at radius 2 is 1.93 bits per heavy atom. The number of hydrogen-bond acceptors (Lipinski definition) is 10. The van der Waals surface area contributed by atoms with E-state index in [1.807, 2.05) is 0 Å². The molecular weight excluding hydrogens is 432 g/mol. The van der Waals surface area contributed by atoms with Crippen molar-refractivity contribution in [2.45, 2.75) is 22.8 Å². The van der Waals surface area contributed by atoms with E-state index in [9.17, 15) is 16.8 Å². The highest BCUT2D eigenvalue weighted by Crippen LogP contribution is 2.35. The zero-order valence-corrected chi connectivity index (χ0v) is 17.5. The lowest BCUT2D eigenvalue weighted by Crippen LogP contribution is -2.36. The van der Waals surface area contributed by atoms with Crippen LogP contribution < -0.4 is 21.3 Å². The number of aliphatic imine (C=N–C) groups is 1. The van der Waals surface area contributed by atoms with Gasteiger partial charge in [-0.25, -0.2) is 36.7 Å². The van der Waals surface area contributed by atoms with Crippen LogP contribution in [0.15, 0.2) is 55.5 Å². The van der Waals surface area contributed by atoms with Gasteiger partial charge >= 0.3 is 0 Å². The van der Waals surface area contributed by atoms with Crippen LogP contribution in [0.3, 0.4) is 0 Å². The third-order valence-corrected chi connectivity index (χ3v) is 6.64. The van der Waals surface area contributed by atoms with Crippen molar-refractivity contribution in [3.05, 3.63) is 36.0 Å². The number of hydrogen-bond donors (Lipinski definition) is 4. The summed E-state index contributed by atoms with van der Waals surface area (Å²) >= 11 is 0. The highest BCUT2D eigenvalue weighted by atomic mass is 32.2. The summed E-state index contributed by atoms with van der Waals surface area (Å²) in [6.07, 6.45) is 1.43. The third kappa shape index (κ3) is 4.52. The van der Waals surface area contributed by atoms with Crippen molar-refractivity contribution in [2.24, 2.45) is 26.1 Å². The maximum absolute atomic E-state index is 12.9. The second-order valence-electron chi connectivity index (χ2n) is 6.52. The molecule has 0 saturated carbocycles. The lowest BCUT2D eigenvalue weighted by Gasteiger charge is -2.17. The molecule has 3 rings (SSSR count). The van der Waals surface area contributed by atoms with Crippen LogP contribution in [-0.4, -0.2) is 46.9 Å². The number of nitrogen functional groups attached to an aromatic ring is 1. The van der Waals surface area contributed by atoms with Gasteiger partial charge in [-0.2, -0.15) is 5.11 Å². The molecule has 0 bridgehead atoms. The largest absolute Gasteiger partial charge is 0.384 e. The fraction of sp³-hybridized carbons (Fsp3) is 0.250. The summed E-state index contributed by atoms with van der Waals surface area (Å²) in [5, 5.41) is 13.0. The van der Waals surface area contributed by atoms with Gasteiger partial charge in [-0.05, 0) is 36.2 Å². The third-order valence-electron chi connectivity index (χ3n) is 4.06. The molecule has 0 unspecified atom stereocenters. The van der Waals surface area contributed by atoms with E-state index in [0.29, 0.717) is 11.1 Å². The molecule has 2 heterocycles. The first kappa shape index (κ1) is 21.9. The Kier molecular flexibility index (Phi) is 5.96. The van der Waals surface area contributed by atoms with Crippen LogP contribution in [0.5, 0.6) is 0 Å². The van der Waals surface area contributed by atoms with Gasteiger partial charge in [-0.15, -0.1) is 5.11 Å². The molecule has 1 aromatic heterocycles. The molecule has 1 aromatic carbocycles. The Labute approximate surface area is 173 Å². The molecule has 1 aliphatic heterocycles. The van der Waals surface area contributed by atoms with Crippen molar-refractivity contribution < 1.29 is 16.8 Å². The number of azo groups is 1. The molecule has 1 aliphatic rings. The number of benzene rings is 1. The molecule has 1 atom stereocenters. The summed E-state index contributed by atoms with van der Waals surface area (Å²) < 4.78 is 53.1. The number of pyridine rings is 1. The fourth-order valence-electron chi connectivity index (χ4n) is 2.81. The van der Waals surface area contributed by atoms with Crippen molar-refractivity contribution >= 4 is 31.7 Å². The van der Waals surface area contributed by atoms with Crippen molar-refractivity contribution in [1.29, 1.82) is 0 Å². The number of nitrogens with zero attached hydrogens (tertiary/aromatic N) is 4. The standard InChI is InChI=1S/C16H20N8O4S2/c1-9(17)7-23-30(27,28)12-3-2-11(10-4-5-20-13(18)6-10)14(15(12)29(19,25)26)16-21-8-22-24-16/h2-6,9,23H,7-8,17H2,1H3,(H2,18,20)(H2,19,25,26)/t9-/m1/s1. The van der Waals surface area contributed by atoms with Gasteiger partial charge in [0.05, 0.1) is 5.56 Å². The van der Waals surface area contributed by atoms with Gasteiger partial charge in [0.25, 0.3) is 0 Å². The van der Waals surface area contributed by atoms with E-state index in [2.05, 4.69) is 24.9 Å². The molecule has 0 spiro atoms. The maximum atomic E-state index is 12.9. The molecule has 12 nitrogen and oxygen atoms in total.